The molecule has 4 rings (SSSR count). The second-order valence-electron chi connectivity index (χ2n) is 7.04. The minimum atomic E-state index is -0.370. The first-order chi connectivity index (χ1) is 13.7. The van der Waals surface area contributed by atoms with Gasteiger partial charge in [0.05, 0.1) is 5.41 Å². The summed E-state index contributed by atoms with van der Waals surface area (Å²) in [4.78, 5) is 0. The van der Waals surface area contributed by atoms with Gasteiger partial charge < -0.3 is 0 Å². The van der Waals surface area contributed by atoms with Crippen LogP contribution in [0, 0.1) is 3.57 Å². The topological polar surface area (TPSA) is 0 Å². The fourth-order valence-corrected chi connectivity index (χ4v) is 5.11. The van der Waals surface area contributed by atoms with Gasteiger partial charge in [-0.05, 0) is 62.9 Å². The Morgan fingerprint density at radius 3 is 2.39 bits per heavy atom. The molecule has 0 aliphatic heterocycles. The van der Waals surface area contributed by atoms with Crippen LogP contribution in [0.15, 0.2) is 109 Å². The summed E-state index contributed by atoms with van der Waals surface area (Å²) >= 11 is 2.46. The molecule has 0 spiro atoms. The first-order valence-corrected chi connectivity index (χ1v) is 10.8. The van der Waals surface area contributed by atoms with Crippen LogP contribution in [0.25, 0.3) is 11.1 Å². The van der Waals surface area contributed by atoms with Crippen molar-refractivity contribution in [3.8, 4) is 11.1 Å². The van der Waals surface area contributed by atoms with Crippen molar-refractivity contribution in [1.82, 2.24) is 0 Å². The number of fused-ring (bicyclic) bond motifs is 3. The van der Waals surface area contributed by atoms with Crippen molar-refractivity contribution in [1.29, 1.82) is 0 Å². The van der Waals surface area contributed by atoms with Gasteiger partial charge in [-0.3, -0.25) is 0 Å². The summed E-state index contributed by atoms with van der Waals surface area (Å²) < 4.78 is 1.28. The van der Waals surface area contributed by atoms with Crippen LogP contribution in [0.1, 0.15) is 30.0 Å². The zero-order chi connectivity index (χ0) is 19.6. The maximum Gasteiger partial charge on any atom is 0.0708 e. The molecule has 0 heterocycles. The molecule has 0 amide bonds. The van der Waals surface area contributed by atoms with Crippen LogP contribution in [0.5, 0.6) is 0 Å². The molecule has 0 nitrogen and oxygen atoms in total. The van der Waals surface area contributed by atoms with Crippen molar-refractivity contribution in [2.45, 2.75) is 18.8 Å². The Hall–Kier alpha value is -2.39. The number of allylic oxidation sites excluding steroid dienone is 5. The SMILES string of the molecule is C=C(/C=C\C=C/CC)C1(c2ccccc2)c2ccccc2-c2c(I)cccc21. The summed E-state index contributed by atoms with van der Waals surface area (Å²) in [7, 11) is 0. The van der Waals surface area contributed by atoms with Gasteiger partial charge in [-0.1, -0.05) is 105 Å². The molecule has 0 N–H and O–H groups in total. The van der Waals surface area contributed by atoms with Crippen molar-refractivity contribution in [2.75, 3.05) is 0 Å². The van der Waals surface area contributed by atoms with Gasteiger partial charge in [0.2, 0.25) is 0 Å². The number of halogens is 1. The van der Waals surface area contributed by atoms with Gasteiger partial charge in [0, 0.05) is 9.13 Å². The van der Waals surface area contributed by atoms with Crippen molar-refractivity contribution in [3.63, 3.8) is 0 Å². The standard InChI is InChI=1S/C27H23I/c1-3-4-5-7-13-20(2)27(21-14-8-6-9-15-21)23-17-11-10-16-22(23)26-24(27)18-12-19-25(26)28/h4-19H,2-3H2,1H3/b5-4-,13-7-. The number of hydrogen-bond acceptors (Lipinski definition) is 0. The van der Waals surface area contributed by atoms with Gasteiger partial charge in [-0.25, -0.2) is 0 Å². The molecule has 0 radical (unpaired) electrons. The maximum atomic E-state index is 4.59. The molecule has 0 saturated carbocycles. The van der Waals surface area contributed by atoms with Gasteiger partial charge in [-0.15, -0.1) is 0 Å². The first kappa shape index (κ1) is 18.9. The Labute approximate surface area is 181 Å². The molecule has 1 unspecified atom stereocenters. The van der Waals surface area contributed by atoms with Crippen molar-refractivity contribution in [3.05, 3.63) is 130 Å². The largest absolute Gasteiger partial charge is 0.0942 e. The van der Waals surface area contributed by atoms with E-state index in [0.717, 1.165) is 12.0 Å². The highest BCUT2D eigenvalue weighted by atomic mass is 127. The fraction of sp³-hybridized carbons (Fsp3) is 0.111. The Bertz CT molecular complexity index is 1070. The van der Waals surface area contributed by atoms with E-state index in [4.69, 9.17) is 0 Å². The highest BCUT2D eigenvalue weighted by Gasteiger charge is 2.46. The van der Waals surface area contributed by atoms with Gasteiger partial charge in [0.25, 0.3) is 0 Å². The lowest BCUT2D eigenvalue weighted by Gasteiger charge is -2.34. The summed E-state index contributed by atoms with van der Waals surface area (Å²) in [5.41, 5.74) is 7.26. The van der Waals surface area contributed by atoms with Crippen LogP contribution in [-0.4, -0.2) is 0 Å². The van der Waals surface area contributed by atoms with Crippen molar-refractivity contribution >= 4 is 22.6 Å². The van der Waals surface area contributed by atoms with E-state index in [2.05, 4.69) is 133 Å². The van der Waals surface area contributed by atoms with Gasteiger partial charge in [-0.2, -0.15) is 0 Å². The Morgan fingerprint density at radius 1 is 0.893 bits per heavy atom. The smallest absolute Gasteiger partial charge is 0.0708 e. The van der Waals surface area contributed by atoms with E-state index < -0.39 is 0 Å². The van der Waals surface area contributed by atoms with E-state index in [9.17, 15) is 0 Å². The van der Waals surface area contributed by atoms with Crippen LogP contribution in [-0.2, 0) is 5.41 Å². The maximum absolute atomic E-state index is 4.59. The third-order valence-electron chi connectivity index (χ3n) is 5.49. The van der Waals surface area contributed by atoms with E-state index in [1.807, 2.05) is 0 Å². The highest BCUT2D eigenvalue weighted by Crippen LogP contribution is 2.57. The lowest BCUT2D eigenvalue weighted by atomic mass is 9.67. The predicted octanol–water partition coefficient (Wildman–Crippen LogP) is 7.68. The van der Waals surface area contributed by atoms with E-state index in [0.29, 0.717) is 0 Å². The molecule has 1 atom stereocenters. The van der Waals surface area contributed by atoms with Gasteiger partial charge in [0.1, 0.15) is 0 Å². The van der Waals surface area contributed by atoms with E-state index >= 15 is 0 Å². The second kappa shape index (κ2) is 7.92. The molecule has 1 aliphatic rings. The van der Waals surface area contributed by atoms with Crippen LogP contribution in [0.4, 0.5) is 0 Å². The molecule has 28 heavy (non-hydrogen) atoms. The molecule has 0 bridgehead atoms. The van der Waals surface area contributed by atoms with E-state index in [1.54, 1.807) is 0 Å². The summed E-state index contributed by atoms with van der Waals surface area (Å²) in [5, 5.41) is 0. The fourth-order valence-electron chi connectivity index (χ4n) is 4.33. The Balaban J connectivity index is 2.05. The third kappa shape index (κ3) is 2.89. The summed E-state index contributed by atoms with van der Waals surface area (Å²) in [6, 6.07) is 26.2. The number of hydrogen-bond donors (Lipinski definition) is 0. The lowest BCUT2D eigenvalue weighted by Crippen LogP contribution is -2.28. The zero-order valence-corrected chi connectivity index (χ0v) is 18.2. The van der Waals surface area contributed by atoms with E-state index in [-0.39, 0.29) is 5.41 Å². The lowest BCUT2D eigenvalue weighted by molar-refractivity contribution is 0.770. The Morgan fingerprint density at radius 2 is 1.61 bits per heavy atom. The second-order valence-corrected chi connectivity index (χ2v) is 8.21. The average molecular weight is 474 g/mol. The van der Waals surface area contributed by atoms with Gasteiger partial charge in [0.15, 0.2) is 0 Å². The highest BCUT2D eigenvalue weighted by molar-refractivity contribution is 14.1. The molecule has 1 aliphatic carbocycles. The quantitative estimate of drug-likeness (QED) is 0.263. The third-order valence-corrected chi connectivity index (χ3v) is 6.39. The van der Waals surface area contributed by atoms with E-state index in [1.165, 1.54) is 31.4 Å². The minimum absolute atomic E-state index is 0.370. The molecular weight excluding hydrogens is 451 g/mol. The van der Waals surface area contributed by atoms with Gasteiger partial charge >= 0.3 is 0 Å². The van der Waals surface area contributed by atoms with Crippen molar-refractivity contribution < 1.29 is 0 Å². The molecule has 0 fully saturated rings. The molecule has 3 aromatic rings. The van der Waals surface area contributed by atoms with Crippen LogP contribution >= 0.6 is 22.6 Å². The monoisotopic (exact) mass is 474 g/mol. The van der Waals surface area contributed by atoms with Crippen LogP contribution in [0.3, 0.4) is 0 Å². The average Bonchev–Trinajstić information content (AvgIpc) is 3.04. The first-order valence-electron chi connectivity index (χ1n) is 9.68. The van der Waals surface area contributed by atoms with Crippen LogP contribution < -0.4 is 0 Å². The molecular formula is C27H23I. The number of benzene rings is 3. The molecule has 0 aromatic heterocycles. The van der Waals surface area contributed by atoms with Crippen molar-refractivity contribution in [2.24, 2.45) is 0 Å². The molecule has 1 heteroatoms. The summed E-state index contributed by atoms with van der Waals surface area (Å²) in [6.07, 6.45) is 9.60. The minimum Gasteiger partial charge on any atom is -0.0942 e. The summed E-state index contributed by atoms with van der Waals surface area (Å²) in [6.45, 7) is 6.74. The Kier molecular flexibility index (Phi) is 5.36. The molecule has 3 aromatic carbocycles. The molecule has 0 saturated heterocycles. The molecule has 138 valence electrons. The number of rotatable bonds is 5. The normalized spacial score (nSPS) is 17.8. The zero-order valence-electron chi connectivity index (χ0n) is 16.0. The van der Waals surface area contributed by atoms with Crippen LogP contribution in [0.2, 0.25) is 0 Å². The predicted molar refractivity (Wildman–Crippen MR) is 129 cm³/mol. The summed E-state index contributed by atoms with van der Waals surface area (Å²) in [5.74, 6) is 0.